The van der Waals surface area contributed by atoms with E-state index in [1.54, 1.807) is 0 Å². The second-order valence-electron chi connectivity index (χ2n) is 3.68. The minimum atomic E-state index is 0.710. The molecule has 1 aromatic heterocycles. The number of hydrogen-bond acceptors (Lipinski definition) is 1. The number of nitrogens with one attached hydrogen (secondary N) is 1. The summed E-state index contributed by atoms with van der Waals surface area (Å²) < 4.78 is 5.58. The Bertz CT molecular complexity index is 445. The standard InChI is InChI=1S/C13H17NO/c1-3-6-10-9-14-13-11(10)7-5-8-12(13)15-4-2/h5,7-9,14H,3-4,6H2,1-2H3. The molecule has 0 atom stereocenters. The van der Waals surface area contributed by atoms with Crippen LogP contribution in [0.15, 0.2) is 24.4 Å². The second-order valence-corrected chi connectivity index (χ2v) is 3.68. The van der Waals surface area contributed by atoms with Gasteiger partial charge in [0.15, 0.2) is 0 Å². The lowest BCUT2D eigenvalue weighted by Gasteiger charge is -2.04. The summed E-state index contributed by atoms with van der Waals surface area (Å²) in [6.07, 6.45) is 4.39. The van der Waals surface area contributed by atoms with Crippen LogP contribution in [-0.4, -0.2) is 11.6 Å². The number of aromatic nitrogens is 1. The molecule has 2 rings (SSSR count). The Labute approximate surface area is 90.3 Å². The van der Waals surface area contributed by atoms with Gasteiger partial charge in [-0.05, 0) is 25.0 Å². The molecule has 0 fully saturated rings. The number of para-hydroxylation sites is 1. The van der Waals surface area contributed by atoms with Crippen molar-refractivity contribution in [3.05, 3.63) is 30.0 Å². The first-order valence-corrected chi connectivity index (χ1v) is 5.58. The Kier molecular flexibility index (Phi) is 2.95. The van der Waals surface area contributed by atoms with Crippen molar-refractivity contribution in [2.24, 2.45) is 0 Å². The van der Waals surface area contributed by atoms with Gasteiger partial charge < -0.3 is 9.72 Å². The Morgan fingerprint density at radius 3 is 2.87 bits per heavy atom. The number of ether oxygens (including phenoxy) is 1. The molecule has 1 heterocycles. The summed E-state index contributed by atoms with van der Waals surface area (Å²) >= 11 is 0. The lowest BCUT2D eigenvalue weighted by Crippen LogP contribution is -1.91. The van der Waals surface area contributed by atoms with Gasteiger partial charge in [-0.15, -0.1) is 0 Å². The Hall–Kier alpha value is -1.44. The van der Waals surface area contributed by atoms with Gasteiger partial charge in [0.2, 0.25) is 0 Å². The topological polar surface area (TPSA) is 25.0 Å². The van der Waals surface area contributed by atoms with Gasteiger partial charge in [0.25, 0.3) is 0 Å². The molecule has 2 nitrogen and oxygen atoms in total. The van der Waals surface area contributed by atoms with E-state index >= 15 is 0 Å². The molecule has 0 radical (unpaired) electrons. The maximum atomic E-state index is 5.58. The summed E-state index contributed by atoms with van der Waals surface area (Å²) in [5.74, 6) is 0.956. The molecule has 0 saturated heterocycles. The molecule has 0 amide bonds. The van der Waals surface area contributed by atoms with Crippen LogP contribution in [0.25, 0.3) is 10.9 Å². The van der Waals surface area contributed by atoms with Crippen LogP contribution in [0.4, 0.5) is 0 Å². The van der Waals surface area contributed by atoms with Gasteiger partial charge in [0.1, 0.15) is 5.75 Å². The van der Waals surface area contributed by atoms with Crippen LogP contribution in [0, 0.1) is 0 Å². The fourth-order valence-corrected chi connectivity index (χ4v) is 1.94. The molecular formula is C13H17NO. The van der Waals surface area contributed by atoms with E-state index in [0.29, 0.717) is 6.61 Å². The Balaban J connectivity index is 2.48. The van der Waals surface area contributed by atoms with Crippen molar-refractivity contribution in [3.63, 3.8) is 0 Å². The third kappa shape index (κ3) is 1.84. The van der Waals surface area contributed by atoms with E-state index in [1.807, 2.05) is 13.0 Å². The van der Waals surface area contributed by atoms with Crippen molar-refractivity contribution in [2.75, 3.05) is 6.61 Å². The van der Waals surface area contributed by atoms with E-state index in [-0.39, 0.29) is 0 Å². The highest BCUT2D eigenvalue weighted by molar-refractivity contribution is 5.88. The van der Waals surface area contributed by atoms with Crippen molar-refractivity contribution in [1.29, 1.82) is 0 Å². The van der Waals surface area contributed by atoms with Gasteiger partial charge in [-0.1, -0.05) is 25.5 Å². The van der Waals surface area contributed by atoms with E-state index in [0.717, 1.165) is 17.7 Å². The maximum absolute atomic E-state index is 5.58. The summed E-state index contributed by atoms with van der Waals surface area (Å²) in [6.45, 7) is 4.92. The lowest BCUT2D eigenvalue weighted by atomic mass is 10.1. The van der Waals surface area contributed by atoms with Gasteiger partial charge in [-0.25, -0.2) is 0 Å². The van der Waals surface area contributed by atoms with E-state index in [9.17, 15) is 0 Å². The Morgan fingerprint density at radius 2 is 2.13 bits per heavy atom. The van der Waals surface area contributed by atoms with Gasteiger partial charge in [0, 0.05) is 11.6 Å². The van der Waals surface area contributed by atoms with Gasteiger partial charge in [-0.2, -0.15) is 0 Å². The summed E-state index contributed by atoms with van der Waals surface area (Å²) in [6, 6.07) is 6.22. The highest BCUT2D eigenvalue weighted by Crippen LogP contribution is 2.27. The molecule has 0 aliphatic rings. The average molecular weight is 203 g/mol. The molecule has 0 saturated carbocycles. The van der Waals surface area contributed by atoms with Crippen LogP contribution >= 0.6 is 0 Å². The van der Waals surface area contributed by atoms with Crippen molar-refractivity contribution < 1.29 is 4.74 Å². The summed E-state index contributed by atoms with van der Waals surface area (Å²) in [7, 11) is 0. The van der Waals surface area contributed by atoms with Crippen molar-refractivity contribution in [2.45, 2.75) is 26.7 Å². The minimum absolute atomic E-state index is 0.710. The molecule has 80 valence electrons. The molecule has 0 spiro atoms. The van der Waals surface area contributed by atoms with E-state index in [2.05, 4.69) is 30.2 Å². The predicted molar refractivity (Wildman–Crippen MR) is 63.5 cm³/mol. The maximum Gasteiger partial charge on any atom is 0.143 e. The van der Waals surface area contributed by atoms with Gasteiger partial charge in [0.05, 0.1) is 12.1 Å². The largest absolute Gasteiger partial charge is 0.492 e. The van der Waals surface area contributed by atoms with Gasteiger partial charge in [-0.3, -0.25) is 0 Å². The SMILES string of the molecule is CCCc1c[nH]c2c(OCC)cccc12. The first kappa shape index (κ1) is 10.1. The third-order valence-electron chi connectivity index (χ3n) is 2.58. The number of fused-ring (bicyclic) bond motifs is 1. The van der Waals surface area contributed by atoms with Crippen LogP contribution < -0.4 is 4.74 Å². The molecule has 2 aromatic rings. The smallest absolute Gasteiger partial charge is 0.143 e. The molecule has 2 heteroatoms. The molecule has 1 N–H and O–H groups in total. The molecule has 1 aromatic carbocycles. The van der Waals surface area contributed by atoms with Crippen LogP contribution in [0.1, 0.15) is 25.8 Å². The fraction of sp³-hybridized carbons (Fsp3) is 0.385. The zero-order valence-electron chi connectivity index (χ0n) is 9.34. The normalized spacial score (nSPS) is 10.8. The molecule has 15 heavy (non-hydrogen) atoms. The first-order valence-electron chi connectivity index (χ1n) is 5.58. The molecule has 0 bridgehead atoms. The summed E-state index contributed by atoms with van der Waals surface area (Å²) in [5, 5.41) is 1.29. The number of aryl methyl sites for hydroxylation is 1. The number of benzene rings is 1. The summed E-state index contributed by atoms with van der Waals surface area (Å²) in [5.41, 5.74) is 2.51. The average Bonchev–Trinajstić information content (AvgIpc) is 2.64. The second kappa shape index (κ2) is 4.39. The fourth-order valence-electron chi connectivity index (χ4n) is 1.94. The summed E-state index contributed by atoms with van der Waals surface area (Å²) in [4.78, 5) is 3.30. The molecule has 0 unspecified atom stereocenters. The predicted octanol–water partition coefficient (Wildman–Crippen LogP) is 3.52. The highest BCUT2D eigenvalue weighted by Gasteiger charge is 2.06. The zero-order chi connectivity index (χ0) is 10.7. The van der Waals surface area contributed by atoms with Crippen molar-refractivity contribution >= 4 is 10.9 Å². The lowest BCUT2D eigenvalue weighted by molar-refractivity contribution is 0.344. The zero-order valence-corrected chi connectivity index (χ0v) is 9.34. The number of hydrogen-bond donors (Lipinski definition) is 1. The van der Waals surface area contributed by atoms with Crippen LogP contribution in [-0.2, 0) is 6.42 Å². The number of rotatable bonds is 4. The first-order chi connectivity index (χ1) is 7.36. The van der Waals surface area contributed by atoms with Crippen LogP contribution in [0.5, 0.6) is 5.75 Å². The van der Waals surface area contributed by atoms with E-state index < -0.39 is 0 Å². The highest BCUT2D eigenvalue weighted by atomic mass is 16.5. The Morgan fingerprint density at radius 1 is 1.27 bits per heavy atom. The van der Waals surface area contributed by atoms with Gasteiger partial charge >= 0.3 is 0 Å². The quantitative estimate of drug-likeness (QED) is 0.808. The van der Waals surface area contributed by atoms with E-state index in [1.165, 1.54) is 17.4 Å². The molecule has 0 aliphatic heterocycles. The number of aromatic amines is 1. The third-order valence-corrected chi connectivity index (χ3v) is 2.58. The molecule has 0 aliphatic carbocycles. The monoisotopic (exact) mass is 203 g/mol. The van der Waals surface area contributed by atoms with Crippen molar-refractivity contribution in [1.82, 2.24) is 4.98 Å². The van der Waals surface area contributed by atoms with Crippen LogP contribution in [0.3, 0.4) is 0 Å². The molecular weight excluding hydrogens is 186 g/mol. The number of H-pyrrole nitrogens is 1. The van der Waals surface area contributed by atoms with E-state index in [4.69, 9.17) is 4.74 Å². The minimum Gasteiger partial charge on any atom is -0.492 e. The van der Waals surface area contributed by atoms with Crippen molar-refractivity contribution in [3.8, 4) is 5.75 Å². The van der Waals surface area contributed by atoms with Crippen LogP contribution in [0.2, 0.25) is 0 Å².